The van der Waals surface area contributed by atoms with E-state index in [4.69, 9.17) is 4.42 Å². The van der Waals surface area contributed by atoms with Crippen molar-refractivity contribution in [3.8, 4) is 0 Å². The van der Waals surface area contributed by atoms with Crippen LogP contribution in [0.15, 0.2) is 58.3 Å². The van der Waals surface area contributed by atoms with Crippen LogP contribution in [0.3, 0.4) is 0 Å². The molecule has 0 spiro atoms. The molecule has 1 aliphatic heterocycles. The van der Waals surface area contributed by atoms with Gasteiger partial charge in [-0.3, -0.25) is 4.99 Å². The fourth-order valence-corrected chi connectivity index (χ4v) is 2.00. The third kappa shape index (κ3) is 2.37. The molecule has 2 aromatic rings. The van der Waals surface area contributed by atoms with Crippen LogP contribution in [0.5, 0.6) is 0 Å². The van der Waals surface area contributed by atoms with Crippen molar-refractivity contribution in [2.45, 2.75) is 12.6 Å². The molecule has 1 atom stereocenters. The Morgan fingerprint density at radius 1 is 1.28 bits per heavy atom. The third-order valence-electron chi connectivity index (χ3n) is 2.98. The van der Waals surface area contributed by atoms with E-state index in [1.165, 1.54) is 5.56 Å². The summed E-state index contributed by atoms with van der Waals surface area (Å²) in [6.45, 7) is 1.50. The monoisotopic (exact) mass is 241 g/mol. The summed E-state index contributed by atoms with van der Waals surface area (Å²) in [7, 11) is 0. The van der Waals surface area contributed by atoms with Gasteiger partial charge in [0.1, 0.15) is 0 Å². The van der Waals surface area contributed by atoms with Crippen molar-refractivity contribution in [3.05, 3.63) is 60.1 Å². The molecule has 0 bridgehead atoms. The molecule has 2 heterocycles. The molecular weight excluding hydrogens is 226 g/mol. The van der Waals surface area contributed by atoms with Gasteiger partial charge in [0, 0.05) is 12.1 Å². The lowest BCUT2D eigenvalue weighted by molar-refractivity contribution is 0.563. The Bertz CT molecular complexity index is 519. The number of hydrogen-bond donors (Lipinski definition) is 2. The van der Waals surface area contributed by atoms with Gasteiger partial charge in [0.25, 0.3) is 0 Å². The molecule has 1 aromatic carbocycles. The minimum atomic E-state index is 0.276. The summed E-state index contributed by atoms with van der Waals surface area (Å²) in [6, 6.07) is 12.6. The van der Waals surface area contributed by atoms with E-state index in [0.717, 1.165) is 24.6 Å². The first kappa shape index (κ1) is 10.9. The summed E-state index contributed by atoms with van der Waals surface area (Å²) in [5.74, 6) is 0.852. The first-order valence-electron chi connectivity index (χ1n) is 6.03. The number of benzene rings is 1. The molecule has 4 heteroatoms. The molecule has 92 valence electrons. The summed E-state index contributed by atoms with van der Waals surface area (Å²) in [5, 5.41) is 6.64. The molecule has 0 aliphatic carbocycles. The molecular formula is C14H15N3O. The largest absolute Gasteiger partial charge is 0.472 e. The van der Waals surface area contributed by atoms with Crippen LogP contribution in [-0.4, -0.2) is 12.5 Å². The van der Waals surface area contributed by atoms with Crippen molar-refractivity contribution < 1.29 is 4.42 Å². The van der Waals surface area contributed by atoms with E-state index in [0.29, 0.717) is 0 Å². The number of aliphatic imine (C=N–C) groups is 1. The van der Waals surface area contributed by atoms with Crippen LogP contribution < -0.4 is 10.6 Å². The van der Waals surface area contributed by atoms with E-state index >= 15 is 0 Å². The molecule has 0 radical (unpaired) electrons. The van der Waals surface area contributed by atoms with Gasteiger partial charge in [0.15, 0.2) is 5.96 Å². The van der Waals surface area contributed by atoms with Crippen LogP contribution in [0.1, 0.15) is 17.2 Å². The fourth-order valence-electron chi connectivity index (χ4n) is 2.00. The topological polar surface area (TPSA) is 49.6 Å². The van der Waals surface area contributed by atoms with Gasteiger partial charge >= 0.3 is 0 Å². The van der Waals surface area contributed by atoms with E-state index in [2.05, 4.69) is 27.8 Å². The number of hydrogen-bond acceptors (Lipinski definition) is 4. The second-order valence-electron chi connectivity index (χ2n) is 4.28. The number of nitrogens with one attached hydrogen (secondary N) is 2. The molecule has 18 heavy (non-hydrogen) atoms. The van der Waals surface area contributed by atoms with Crippen LogP contribution in [0.2, 0.25) is 0 Å². The Morgan fingerprint density at radius 2 is 2.17 bits per heavy atom. The zero-order valence-corrected chi connectivity index (χ0v) is 9.97. The second-order valence-corrected chi connectivity index (χ2v) is 4.28. The summed E-state index contributed by atoms with van der Waals surface area (Å²) < 4.78 is 5.02. The minimum absolute atomic E-state index is 0.276. The highest BCUT2D eigenvalue weighted by Crippen LogP contribution is 2.16. The Hall–Kier alpha value is -2.23. The average molecular weight is 241 g/mol. The Labute approximate surface area is 106 Å². The van der Waals surface area contributed by atoms with E-state index in [9.17, 15) is 0 Å². The molecule has 1 aliphatic rings. The van der Waals surface area contributed by atoms with Gasteiger partial charge in [-0.2, -0.15) is 0 Å². The quantitative estimate of drug-likeness (QED) is 0.865. The lowest BCUT2D eigenvalue weighted by Gasteiger charge is -2.12. The first-order valence-corrected chi connectivity index (χ1v) is 6.03. The number of rotatable bonds is 3. The SMILES string of the molecule is c1ccc(C2CN=C(NCc3ccoc3)N2)cc1. The van der Waals surface area contributed by atoms with Crippen molar-refractivity contribution in [2.75, 3.05) is 6.54 Å². The molecule has 0 saturated heterocycles. The standard InChI is InChI=1S/C14H15N3O/c1-2-4-12(5-3-1)13-9-16-14(17-13)15-8-11-6-7-18-10-11/h1-7,10,13H,8-9H2,(H2,15,16,17). The van der Waals surface area contributed by atoms with E-state index < -0.39 is 0 Å². The number of furan rings is 1. The maximum atomic E-state index is 5.02. The smallest absolute Gasteiger partial charge is 0.192 e. The van der Waals surface area contributed by atoms with Crippen LogP contribution in [0, 0.1) is 0 Å². The highest BCUT2D eigenvalue weighted by molar-refractivity contribution is 5.82. The van der Waals surface area contributed by atoms with Crippen molar-refractivity contribution in [2.24, 2.45) is 4.99 Å². The molecule has 2 N–H and O–H groups in total. The van der Waals surface area contributed by atoms with E-state index in [1.54, 1.807) is 12.5 Å². The average Bonchev–Trinajstić information content (AvgIpc) is 3.09. The zero-order chi connectivity index (χ0) is 12.2. The summed E-state index contributed by atoms with van der Waals surface area (Å²) in [6.07, 6.45) is 3.41. The van der Waals surface area contributed by atoms with Gasteiger partial charge in [-0.25, -0.2) is 0 Å². The van der Waals surface area contributed by atoms with E-state index in [-0.39, 0.29) is 6.04 Å². The van der Waals surface area contributed by atoms with Gasteiger partial charge in [0.2, 0.25) is 0 Å². The molecule has 4 nitrogen and oxygen atoms in total. The van der Waals surface area contributed by atoms with Crippen molar-refractivity contribution in [1.29, 1.82) is 0 Å². The van der Waals surface area contributed by atoms with E-state index in [1.807, 2.05) is 24.3 Å². The number of guanidine groups is 1. The molecule has 0 amide bonds. The summed E-state index contributed by atoms with van der Waals surface area (Å²) in [5.41, 5.74) is 2.38. The molecule has 0 saturated carbocycles. The fraction of sp³-hybridized carbons (Fsp3) is 0.214. The molecule has 1 aromatic heterocycles. The Balaban J connectivity index is 1.55. The highest BCUT2D eigenvalue weighted by atomic mass is 16.3. The van der Waals surface area contributed by atoms with Crippen LogP contribution >= 0.6 is 0 Å². The van der Waals surface area contributed by atoms with Crippen LogP contribution in [-0.2, 0) is 6.54 Å². The maximum absolute atomic E-state index is 5.02. The Kier molecular flexibility index (Phi) is 3.00. The van der Waals surface area contributed by atoms with Crippen molar-refractivity contribution in [1.82, 2.24) is 10.6 Å². The lowest BCUT2D eigenvalue weighted by Crippen LogP contribution is -2.34. The normalized spacial score (nSPS) is 18.2. The van der Waals surface area contributed by atoms with Gasteiger partial charge in [-0.05, 0) is 11.6 Å². The van der Waals surface area contributed by atoms with Gasteiger partial charge in [-0.1, -0.05) is 30.3 Å². The molecule has 1 unspecified atom stereocenters. The highest BCUT2D eigenvalue weighted by Gasteiger charge is 2.18. The second kappa shape index (κ2) is 4.96. The Morgan fingerprint density at radius 3 is 2.94 bits per heavy atom. The number of nitrogens with zero attached hydrogens (tertiary/aromatic N) is 1. The predicted octanol–water partition coefficient (Wildman–Crippen LogP) is 2.07. The lowest BCUT2D eigenvalue weighted by atomic mass is 10.1. The zero-order valence-electron chi connectivity index (χ0n) is 9.97. The first-order chi connectivity index (χ1) is 8.92. The summed E-state index contributed by atoms with van der Waals surface area (Å²) in [4.78, 5) is 4.46. The maximum Gasteiger partial charge on any atom is 0.192 e. The summed E-state index contributed by atoms with van der Waals surface area (Å²) >= 11 is 0. The van der Waals surface area contributed by atoms with Gasteiger partial charge in [0.05, 0.1) is 25.1 Å². The minimum Gasteiger partial charge on any atom is -0.472 e. The predicted molar refractivity (Wildman–Crippen MR) is 70.2 cm³/mol. The van der Waals surface area contributed by atoms with Crippen molar-refractivity contribution in [3.63, 3.8) is 0 Å². The molecule has 0 fully saturated rings. The van der Waals surface area contributed by atoms with Crippen LogP contribution in [0.25, 0.3) is 0 Å². The van der Waals surface area contributed by atoms with Gasteiger partial charge in [-0.15, -0.1) is 0 Å². The van der Waals surface area contributed by atoms with Crippen LogP contribution in [0.4, 0.5) is 0 Å². The third-order valence-corrected chi connectivity index (χ3v) is 2.98. The van der Waals surface area contributed by atoms with Gasteiger partial charge < -0.3 is 15.1 Å². The van der Waals surface area contributed by atoms with Crippen molar-refractivity contribution >= 4 is 5.96 Å². The molecule has 3 rings (SSSR count).